The highest BCUT2D eigenvalue weighted by atomic mass is 79.9. The number of aliphatic imine (C=N–C) groups is 1. The van der Waals surface area contributed by atoms with Crippen molar-refractivity contribution in [3.63, 3.8) is 0 Å². The van der Waals surface area contributed by atoms with Crippen LogP contribution in [0.25, 0.3) is 11.1 Å². The molecule has 4 aromatic rings. The molecule has 0 bridgehead atoms. The minimum atomic E-state index is -1.12. The molecule has 0 aliphatic carbocycles. The molecule has 1 aliphatic rings. The fourth-order valence-electron chi connectivity index (χ4n) is 3.71. The first-order valence-electron chi connectivity index (χ1n) is 10.7. The molecule has 0 radical (unpaired) electrons. The molecule has 11 nitrogen and oxygen atoms in total. The lowest BCUT2D eigenvalue weighted by Gasteiger charge is -2.26. The van der Waals surface area contributed by atoms with Gasteiger partial charge in [-0.25, -0.2) is 14.8 Å². The number of carboxylic acid groups (broad SMARTS) is 1. The SMILES string of the molecule is CC1=C(C(=O)Nc2cc(C(=O)O)ccn2)C(c2ccncc2Br)N=C(Nc2nc3ccccc3o2)N1. The van der Waals surface area contributed by atoms with Gasteiger partial charge in [0.25, 0.3) is 5.91 Å². The number of fused-ring (bicyclic) bond motifs is 1. The summed E-state index contributed by atoms with van der Waals surface area (Å²) in [5, 5.41) is 18.0. The Kier molecular flexibility index (Phi) is 6.17. The van der Waals surface area contributed by atoms with E-state index in [0.29, 0.717) is 38.4 Å². The molecule has 0 saturated heterocycles. The largest absolute Gasteiger partial charge is 0.478 e. The number of aromatic carboxylic acids is 1. The molecule has 5 rings (SSSR count). The highest BCUT2D eigenvalue weighted by molar-refractivity contribution is 9.10. The summed E-state index contributed by atoms with van der Waals surface area (Å²) in [6, 6.07) is 11.2. The molecule has 180 valence electrons. The van der Waals surface area contributed by atoms with Gasteiger partial charge in [0.15, 0.2) is 5.58 Å². The molecule has 1 aromatic carbocycles. The van der Waals surface area contributed by atoms with Crippen LogP contribution in [0.3, 0.4) is 0 Å². The summed E-state index contributed by atoms with van der Waals surface area (Å²) in [7, 11) is 0. The number of oxazole rings is 1. The number of halogens is 1. The zero-order chi connectivity index (χ0) is 25.2. The molecular formula is C24H18BrN7O4. The maximum atomic E-state index is 13.4. The number of allylic oxidation sites excluding steroid dienone is 1. The summed E-state index contributed by atoms with van der Waals surface area (Å²) < 4.78 is 6.40. The lowest BCUT2D eigenvalue weighted by Crippen LogP contribution is -2.37. The average Bonchev–Trinajstić information content (AvgIpc) is 3.26. The maximum absolute atomic E-state index is 13.4. The molecule has 4 heterocycles. The molecule has 0 saturated carbocycles. The Morgan fingerprint density at radius 3 is 2.78 bits per heavy atom. The topological polar surface area (TPSA) is 155 Å². The van der Waals surface area contributed by atoms with Gasteiger partial charge in [-0.15, -0.1) is 0 Å². The van der Waals surface area contributed by atoms with Gasteiger partial charge < -0.3 is 20.2 Å². The van der Waals surface area contributed by atoms with Crippen molar-refractivity contribution in [2.75, 3.05) is 10.6 Å². The maximum Gasteiger partial charge on any atom is 0.335 e. The summed E-state index contributed by atoms with van der Waals surface area (Å²) in [6.07, 6.45) is 4.54. The van der Waals surface area contributed by atoms with Crippen LogP contribution in [0.2, 0.25) is 0 Å². The van der Waals surface area contributed by atoms with Gasteiger partial charge in [0.1, 0.15) is 17.4 Å². The van der Waals surface area contributed by atoms with Gasteiger partial charge >= 0.3 is 12.0 Å². The first kappa shape index (κ1) is 23.2. The van der Waals surface area contributed by atoms with E-state index in [0.717, 1.165) is 0 Å². The van der Waals surface area contributed by atoms with Crippen molar-refractivity contribution in [3.05, 3.63) is 87.9 Å². The van der Waals surface area contributed by atoms with Crippen molar-refractivity contribution in [3.8, 4) is 0 Å². The van der Waals surface area contributed by atoms with Crippen molar-refractivity contribution < 1.29 is 19.1 Å². The number of carbonyl (C=O) groups excluding carboxylic acids is 1. The molecule has 1 atom stereocenters. The number of pyridine rings is 2. The smallest absolute Gasteiger partial charge is 0.335 e. The Morgan fingerprint density at radius 2 is 2.00 bits per heavy atom. The second kappa shape index (κ2) is 9.58. The number of benzene rings is 1. The number of carboxylic acids is 1. The summed E-state index contributed by atoms with van der Waals surface area (Å²) in [4.78, 5) is 42.0. The third-order valence-corrected chi connectivity index (χ3v) is 6.01. The molecule has 1 amide bonds. The Morgan fingerprint density at radius 1 is 1.17 bits per heavy atom. The minimum absolute atomic E-state index is 0.00374. The number of nitrogens with one attached hydrogen (secondary N) is 3. The molecule has 0 fully saturated rings. The van der Waals surface area contributed by atoms with E-state index in [1.165, 1.54) is 18.3 Å². The Balaban J connectivity index is 1.48. The first-order chi connectivity index (χ1) is 17.4. The predicted molar refractivity (Wildman–Crippen MR) is 135 cm³/mol. The summed E-state index contributed by atoms with van der Waals surface area (Å²) in [5.41, 5.74) is 2.84. The fourth-order valence-corrected chi connectivity index (χ4v) is 4.18. The van der Waals surface area contributed by atoms with E-state index in [2.05, 4.69) is 46.8 Å². The molecule has 1 unspecified atom stereocenters. The van der Waals surface area contributed by atoms with Crippen LogP contribution in [0.15, 0.2) is 86.2 Å². The second-order valence-electron chi connectivity index (χ2n) is 7.74. The van der Waals surface area contributed by atoms with E-state index in [1.807, 2.05) is 24.3 Å². The number of guanidine groups is 1. The van der Waals surface area contributed by atoms with Gasteiger partial charge in [0.2, 0.25) is 5.96 Å². The van der Waals surface area contributed by atoms with Crippen LogP contribution in [-0.4, -0.2) is 37.9 Å². The van der Waals surface area contributed by atoms with Gasteiger partial charge in [-0.3, -0.25) is 15.1 Å². The third-order valence-electron chi connectivity index (χ3n) is 5.35. The summed E-state index contributed by atoms with van der Waals surface area (Å²) in [5.74, 6) is -1.18. The number of hydrogen-bond donors (Lipinski definition) is 4. The van der Waals surface area contributed by atoms with Gasteiger partial charge in [-0.05, 0) is 58.7 Å². The number of nitrogens with zero attached hydrogens (tertiary/aromatic N) is 4. The highest BCUT2D eigenvalue weighted by Gasteiger charge is 2.31. The fraction of sp³-hybridized carbons (Fsp3) is 0.0833. The van der Waals surface area contributed by atoms with Crippen molar-refractivity contribution >= 4 is 56.7 Å². The van der Waals surface area contributed by atoms with Crippen LogP contribution in [0, 0.1) is 0 Å². The first-order valence-corrected chi connectivity index (χ1v) is 11.5. The van der Waals surface area contributed by atoms with E-state index in [1.54, 1.807) is 25.4 Å². The number of carbonyl (C=O) groups is 2. The monoisotopic (exact) mass is 547 g/mol. The van der Waals surface area contributed by atoms with Gasteiger partial charge in [0, 0.05) is 28.8 Å². The summed E-state index contributed by atoms with van der Waals surface area (Å²) in [6.45, 7) is 1.74. The van der Waals surface area contributed by atoms with Crippen LogP contribution in [0.5, 0.6) is 0 Å². The normalized spacial score (nSPS) is 15.3. The zero-order valence-electron chi connectivity index (χ0n) is 18.7. The minimum Gasteiger partial charge on any atom is -0.478 e. The van der Waals surface area contributed by atoms with Crippen LogP contribution < -0.4 is 16.0 Å². The molecule has 12 heteroatoms. The standard InChI is InChI=1S/C24H18BrN7O4/c1-12-19(21(33)30-18-10-13(22(34)35)6-9-27-18)20(14-7-8-26-11-15(14)25)31-23(28-12)32-24-29-16-4-2-3-5-17(16)36-24/h2-11,20H,1H3,(H,34,35)(H,27,30,33)(H2,28,29,31,32). The number of anilines is 2. The number of rotatable bonds is 5. The van der Waals surface area contributed by atoms with E-state index in [-0.39, 0.29) is 17.4 Å². The zero-order valence-corrected chi connectivity index (χ0v) is 20.3. The Labute approximate surface area is 212 Å². The van der Waals surface area contributed by atoms with Crippen LogP contribution in [0.1, 0.15) is 28.9 Å². The number of para-hydroxylation sites is 2. The quantitative estimate of drug-likeness (QED) is 0.289. The predicted octanol–water partition coefficient (Wildman–Crippen LogP) is 4.10. The van der Waals surface area contributed by atoms with E-state index in [9.17, 15) is 14.7 Å². The average molecular weight is 548 g/mol. The lowest BCUT2D eigenvalue weighted by molar-refractivity contribution is -0.113. The molecule has 4 N–H and O–H groups in total. The number of hydrogen-bond acceptors (Lipinski definition) is 9. The third kappa shape index (κ3) is 4.66. The molecule has 36 heavy (non-hydrogen) atoms. The van der Waals surface area contributed by atoms with Gasteiger partial charge in [-0.2, -0.15) is 4.98 Å². The van der Waals surface area contributed by atoms with Crippen LogP contribution >= 0.6 is 15.9 Å². The summed E-state index contributed by atoms with van der Waals surface area (Å²) >= 11 is 3.50. The van der Waals surface area contributed by atoms with Crippen LogP contribution in [-0.2, 0) is 4.79 Å². The van der Waals surface area contributed by atoms with Gasteiger partial charge in [0.05, 0.1) is 11.1 Å². The van der Waals surface area contributed by atoms with Crippen molar-refractivity contribution in [1.29, 1.82) is 0 Å². The van der Waals surface area contributed by atoms with Crippen molar-refractivity contribution in [2.45, 2.75) is 13.0 Å². The lowest BCUT2D eigenvalue weighted by atomic mass is 9.96. The van der Waals surface area contributed by atoms with Crippen molar-refractivity contribution in [1.82, 2.24) is 20.3 Å². The van der Waals surface area contributed by atoms with Gasteiger partial charge in [-0.1, -0.05) is 12.1 Å². The second-order valence-corrected chi connectivity index (χ2v) is 8.60. The van der Waals surface area contributed by atoms with Crippen LogP contribution in [0.4, 0.5) is 11.8 Å². The molecule has 0 spiro atoms. The van der Waals surface area contributed by atoms with E-state index >= 15 is 0 Å². The Bertz CT molecular complexity index is 1530. The molecule has 3 aromatic heterocycles. The Hall–Kier alpha value is -4.58. The highest BCUT2D eigenvalue weighted by Crippen LogP contribution is 2.35. The van der Waals surface area contributed by atoms with E-state index in [4.69, 9.17) is 9.41 Å². The number of amides is 1. The van der Waals surface area contributed by atoms with Crippen molar-refractivity contribution in [2.24, 2.45) is 4.99 Å². The molecule has 1 aliphatic heterocycles. The molecular weight excluding hydrogens is 530 g/mol. The van der Waals surface area contributed by atoms with E-state index < -0.39 is 17.9 Å². The number of aromatic nitrogens is 3.